The average molecular weight is 464 g/mol. The number of unbranched alkanes of at least 4 members (excludes halogenated alkanes) is 1. The maximum atomic E-state index is 13.0. The van der Waals surface area contributed by atoms with Crippen molar-refractivity contribution in [2.45, 2.75) is 42.8 Å². The molecule has 1 aromatic heterocycles. The smallest absolute Gasteiger partial charge is 0.191 e. The van der Waals surface area contributed by atoms with Crippen LogP contribution in [-0.4, -0.2) is 41.8 Å². The van der Waals surface area contributed by atoms with E-state index in [1.807, 2.05) is 24.3 Å². The number of sulfone groups is 1. The molecule has 0 aliphatic heterocycles. The summed E-state index contributed by atoms with van der Waals surface area (Å²) in [6.07, 6.45) is 2.50. The summed E-state index contributed by atoms with van der Waals surface area (Å²) in [6, 6.07) is 12.6. The first-order valence-corrected chi connectivity index (χ1v) is 12.8. The molecule has 0 aliphatic rings. The molecule has 0 bridgehead atoms. The highest BCUT2D eigenvalue weighted by Crippen LogP contribution is 2.27. The molecule has 0 saturated carbocycles. The highest BCUT2D eigenvalue weighted by Gasteiger charge is 2.17. The van der Waals surface area contributed by atoms with Crippen molar-refractivity contribution in [3.8, 4) is 17.1 Å². The lowest BCUT2D eigenvalue weighted by Gasteiger charge is -2.10. The van der Waals surface area contributed by atoms with Crippen molar-refractivity contribution in [3.05, 3.63) is 54.3 Å². The molecular weight excluding hydrogens is 437 g/mol. The monoisotopic (exact) mass is 463 g/mol. The SMILES string of the molecule is CCCCn1c(SCCCS(=O)(=O)c2ccc(F)cc2)nnc1-c1ccc(OC)cc1. The number of benzene rings is 2. The van der Waals surface area contributed by atoms with Gasteiger partial charge in [0.15, 0.2) is 20.8 Å². The molecule has 0 saturated heterocycles. The van der Waals surface area contributed by atoms with Gasteiger partial charge in [-0.3, -0.25) is 0 Å². The molecule has 31 heavy (non-hydrogen) atoms. The van der Waals surface area contributed by atoms with E-state index in [1.165, 1.54) is 36.0 Å². The van der Waals surface area contributed by atoms with Crippen molar-refractivity contribution >= 4 is 21.6 Å². The molecule has 0 atom stereocenters. The molecular formula is C22H26FN3O3S2. The van der Waals surface area contributed by atoms with Gasteiger partial charge >= 0.3 is 0 Å². The van der Waals surface area contributed by atoms with Crippen molar-refractivity contribution in [2.75, 3.05) is 18.6 Å². The van der Waals surface area contributed by atoms with Crippen molar-refractivity contribution in [2.24, 2.45) is 0 Å². The van der Waals surface area contributed by atoms with E-state index in [4.69, 9.17) is 4.74 Å². The van der Waals surface area contributed by atoms with Gasteiger partial charge in [-0.05, 0) is 61.4 Å². The van der Waals surface area contributed by atoms with Crippen molar-refractivity contribution < 1.29 is 17.5 Å². The van der Waals surface area contributed by atoms with Crippen LogP contribution in [0.5, 0.6) is 5.75 Å². The van der Waals surface area contributed by atoms with Crippen molar-refractivity contribution in [1.29, 1.82) is 0 Å². The van der Waals surface area contributed by atoms with Crippen LogP contribution < -0.4 is 4.74 Å². The molecule has 1 heterocycles. The Morgan fingerprint density at radius 3 is 2.39 bits per heavy atom. The summed E-state index contributed by atoms with van der Waals surface area (Å²) in [4.78, 5) is 0.145. The summed E-state index contributed by atoms with van der Waals surface area (Å²) >= 11 is 1.50. The van der Waals surface area contributed by atoms with Crippen LogP contribution in [-0.2, 0) is 16.4 Å². The summed E-state index contributed by atoms with van der Waals surface area (Å²) in [5.41, 5.74) is 0.954. The third-order valence-electron chi connectivity index (χ3n) is 4.76. The molecule has 2 aromatic carbocycles. The first-order chi connectivity index (χ1) is 14.9. The predicted molar refractivity (Wildman–Crippen MR) is 121 cm³/mol. The zero-order valence-electron chi connectivity index (χ0n) is 17.6. The fraction of sp³-hybridized carbons (Fsp3) is 0.364. The average Bonchev–Trinajstić information content (AvgIpc) is 3.18. The Morgan fingerprint density at radius 1 is 1.03 bits per heavy atom. The van der Waals surface area contributed by atoms with Crippen LogP contribution in [0, 0.1) is 5.82 Å². The molecule has 0 unspecified atom stereocenters. The lowest BCUT2D eigenvalue weighted by atomic mass is 10.2. The van der Waals surface area contributed by atoms with E-state index in [0.29, 0.717) is 12.2 Å². The predicted octanol–water partition coefficient (Wildman–Crippen LogP) is 4.85. The maximum Gasteiger partial charge on any atom is 0.191 e. The van der Waals surface area contributed by atoms with Gasteiger partial charge in [0.1, 0.15) is 11.6 Å². The molecule has 0 spiro atoms. The fourth-order valence-corrected chi connectivity index (χ4v) is 5.44. The Kier molecular flexibility index (Phi) is 8.09. The van der Waals surface area contributed by atoms with Gasteiger partial charge in [0, 0.05) is 17.9 Å². The van der Waals surface area contributed by atoms with E-state index in [2.05, 4.69) is 21.7 Å². The fourth-order valence-electron chi connectivity index (χ4n) is 3.04. The van der Waals surface area contributed by atoms with E-state index in [1.54, 1.807) is 7.11 Å². The number of thioether (sulfide) groups is 1. The topological polar surface area (TPSA) is 74.1 Å². The summed E-state index contributed by atoms with van der Waals surface area (Å²) in [5, 5.41) is 9.50. The second-order valence-corrected chi connectivity index (χ2v) is 10.2. The van der Waals surface area contributed by atoms with Gasteiger partial charge in [-0.1, -0.05) is 25.1 Å². The molecule has 0 radical (unpaired) electrons. The van der Waals surface area contributed by atoms with Gasteiger partial charge in [0.05, 0.1) is 17.8 Å². The van der Waals surface area contributed by atoms with Gasteiger partial charge in [-0.25, -0.2) is 12.8 Å². The van der Waals surface area contributed by atoms with Crippen LogP contribution >= 0.6 is 11.8 Å². The number of ether oxygens (including phenoxy) is 1. The largest absolute Gasteiger partial charge is 0.497 e. The van der Waals surface area contributed by atoms with Gasteiger partial charge in [0.25, 0.3) is 0 Å². The zero-order valence-corrected chi connectivity index (χ0v) is 19.3. The molecule has 9 heteroatoms. The number of methoxy groups -OCH3 is 1. The molecule has 3 aromatic rings. The van der Waals surface area contributed by atoms with E-state index in [9.17, 15) is 12.8 Å². The van der Waals surface area contributed by atoms with E-state index < -0.39 is 15.7 Å². The second kappa shape index (κ2) is 10.8. The third kappa shape index (κ3) is 6.07. The van der Waals surface area contributed by atoms with Crippen LogP contribution in [0.1, 0.15) is 26.2 Å². The Hall–Kier alpha value is -2.39. The lowest BCUT2D eigenvalue weighted by Crippen LogP contribution is -2.08. The van der Waals surface area contributed by atoms with Crippen molar-refractivity contribution in [1.82, 2.24) is 14.8 Å². The van der Waals surface area contributed by atoms with Crippen LogP contribution in [0.4, 0.5) is 4.39 Å². The molecule has 0 fully saturated rings. The summed E-state index contributed by atoms with van der Waals surface area (Å²) in [5.74, 6) is 1.71. The first-order valence-electron chi connectivity index (χ1n) is 10.1. The van der Waals surface area contributed by atoms with E-state index in [0.717, 1.165) is 41.7 Å². The van der Waals surface area contributed by atoms with Gasteiger partial charge in [-0.15, -0.1) is 10.2 Å². The number of hydrogen-bond acceptors (Lipinski definition) is 6. The highest BCUT2D eigenvalue weighted by atomic mass is 32.2. The normalized spacial score (nSPS) is 11.6. The van der Waals surface area contributed by atoms with Crippen molar-refractivity contribution in [3.63, 3.8) is 0 Å². The van der Waals surface area contributed by atoms with Gasteiger partial charge in [-0.2, -0.15) is 0 Å². The minimum Gasteiger partial charge on any atom is -0.497 e. The number of aromatic nitrogens is 3. The van der Waals surface area contributed by atoms with E-state index in [-0.39, 0.29) is 10.6 Å². The Bertz CT molecular complexity index is 1080. The van der Waals surface area contributed by atoms with Crippen LogP contribution in [0.25, 0.3) is 11.4 Å². The Balaban J connectivity index is 1.66. The zero-order chi connectivity index (χ0) is 22.3. The molecule has 0 aliphatic carbocycles. The number of nitrogens with zero attached hydrogens (tertiary/aromatic N) is 3. The summed E-state index contributed by atoms with van der Waals surface area (Å²) < 4.78 is 45.2. The maximum absolute atomic E-state index is 13.0. The summed E-state index contributed by atoms with van der Waals surface area (Å²) in [6.45, 7) is 2.92. The Labute approximate surface area is 186 Å². The highest BCUT2D eigenvalue weighted by molar-refractivity contribution is 7.99. The van der Waals surface area contributed by atoms with Gasteiger partial charge in [0.2, 0.25) is 0 Å². The molecule has 3 rings (SSSR count). The van der Waals surface area contributed by atoms with Gasteiger partial charge < -0.3 is 9.30 Å². The minimum absolute atomic E-state index is 0.0000660. The second-order valence-electron chi connectivity index (χ2n) is 7.01. The molecule has 6 nitrogen and oxygen atoms in total. The molecule has 0 N–H and O–H groups in total. The first kappa shape index (κ1) is 23.3. The summed E-state index contributed by atoms with van der Waals surface area (Å²) in [7, 11) is -1.81. The number of halogens is 1. The van der Waals surface area contributed by atoms with Crippen LogP contribution in [0.15, 0.2) is 58.6 Å². The molecule has 0 amide bonds. The number of hydrogen-bond donors (Lipinski definition) is 0. The third-order valence-corrected chi connectivity index (χ3v) is 7.63. The van der Waals surface area contributed by atoms with E-state index >= 15 is 0 Å². The minimum atomic E-state index is -3.43. The Morgan fingerprint density at radius 2 is 1.74 bits per heavy atom. The van der Waals surface area contributed by atoms with Crippen LogP contribution in [0.2, 0.25) is 0 Å². The molecule has 166 valence electrons. The van der Waals surface area contributed by atoms with Crippen LogP contribution in [0.3, 0.4) is 0 Å². The lowest BCUT2D eigenvalue weighted by molar-refractivity contribution is 0.415. The number of rotatable bonds is 11. The quantitative estimate of drug-likeness (QED) is 0.230. The standard InChI is InChI=1S/C22H26FN3O3S2/c1-3-4-14-26-21(17-6-10-19(29-2)11-7-17)24-25-22(26)30-15-5-16-31(27,28)20-12-8-18(23)9-13-20/h6-13H,3-5,14-16H2,1-2H3.